The molecule has 1 aliphatic rings. The fourth-order valence-corrected chi connectivity index (χ4v) is 2.90. The minimum atomic E-state index is -0.861. The van der Waals surface area contributed by atoms with Crippen molar-refractivity contribution >= 4 is 23.6 Å². The Morgan fingerprint density at radius 2 is 2.19 bits per heavy atom. The molecule has 2 unspecified atom stereocenters. The lowest BCUT2D eigenvalue weighted by Crippen LogP contribution is -2.43. The van der Waals surface area contributed by atoms with Gasteiger partial charge in [0.05, 0.1) is 6.42 Å². The zero-order chi connectivity index (χ0) is 12.1. The third-order valence-corrected chi connectivity index (χ3v) is 3.99. The van der Waals surface area contributed by atoms with Crippen molar-refractivity contribution in [2.45, 2.75) is 32.7 Å². The van der Waals surface area contributed by atoms with Crippen molar-refractivity contribution in [2.24, 2.45) is 11.8 Å². The summed E-state index contributed by atoms with van der Waals surface area (Å²) in [6.45, 7) is 3.86. The quantitative estimate of drug-likeness (QED) is 0.767. The van der Waals surface area contributed by atoms with Crippen LogP contribution in [0.3, 0.4) is 0 Å². The first kappa shape index (κ1) is 13.4. The van der Waals surface area contributed by atoms with Crippen molar-refractivity contribution in [1.82, 2.24) is 5.32 Å². The molecule has 0 bridgehead atoms. The van der Waals surface area contributed by atoms with Crippen LogP contribution in [0.2, 0.25) is 0 Å². The third kappa shape index (κ3) is 4.04. The van der Waals surface area contributed by atoms with Gasteiger partial charge in [0.1, 0.15) is 0 Å². The molecule has 16 heavy (non-hydrogen) atoms. The zero-order valence-electron chi connectivity index (χ0n) is 9.73. The number of hydrogen-bond acceptors (Lipinski definition) is 3. The van der Waals surface area contributed by atoms with E-state index >= 15 is 0 Å². The highest BCUT2D eigenvalue weighted by atomic mass is 32.2. The second-order valence-electron chi connectivity index (χ2n) is 4.52. The van der Waals surface area contributed by atoms with Gasteiger partial charge in [-0.05, 0) is 18.1 Å². The summed E-state index contributed by atoms with van der Waals surface area (Å²) in [6.07, 6.45) is 0.914. The van der Waals surface area contributed by atoms with Crippen LogP contribution < -0.4 is 5.32 Å². The van der Waals surface area contributed by atoms with Crippen LogP contribution >= 0.6 is 11.8 Å². The monoisotopic (exact) mass is 245 g/mol. The van der Waals surface area contributed by atoms with Gasteiger partial charge in [-0.2, -0.15) is 11.8 Å². The van der Waals surface area contributed by atoms with E-state index in [9.17, 15) is 9.59 Å². The molecule has 0 aromatic carbocycles. The van der Waals surface area contributed by atoms with Gasteiger partial charge in [-0.15, -0.1) is 0 Å². The van der Waals surface area contributed by atoms with Crippen molar-refractivity contribution in [2.75, 3.05) is 11.5 Å². The predicted octanol–water partition coefficient (Wildman–Crippen LogP) is 1.36. The first-order chi connectivity index (χ1) is 7.50. The fraction of sp³-hybridized carbons (Fsp3) is 0.818. The Bertz CT molecular complexity index is 262. The topological polar surface area (TPSA) is 66.4 Å². The van der Waals surface area contributed by atoms with E-state index in [1.165, 1.54) is 0 Å². The minimum Gasteiger partial charge on any atom is -0.481 e. The molecule has 5 heteroatoms. The number of rotatable bonds is 5. The average molecular weight is 245 g/mol. The summed E-state index contributed by atoms with van der Waals surface area (Å²) in [5.74, 6) is 1.27. The molecule has 1 amide bonds. The first-order valence-corrected chi connectivity index (χ1v) is 6.76. The number of nitrogens with one attached hydrogen (secondary N) is 1. The molecular formula is C11H19NO3S. The highest BCUT2D eigenvalue weighted by molar-refractivity contribution is 7.99. The van der Waals surface area contributed by atoms with Crippen molar-refractivity contribution < 1.29 is 14.7 Å². The number of carbonyl (C=O) groups excluding carboxylic acids is 1. The number of carboxylic acid groups (broad SMARTS) is 1. The first-order valence-electron chi connectivity index (χ1n) is 5.60. The van der Waals surface area contributed by atoms with Crippen LogP contribution in [0, 0.1) is 11.8 Å². The second-order valence-corrected chi connectivity index (χ2v) is 5.67. The molecule has 2 atom stereocenters. The van der Waals surface area contributed by atoms with Gasteiger partial charge in [0.2, 0.25) is 5.91 Å². The van der Waals surface area contributed by atoms with Crippen LogP contribution in [-0.2, 0) is 9.59 Å². The molecule has 0 aromatic rings. The van der Waals surface area contributed by atoms with Crippen molar-refractivity contribution in [3.05, 3.63) is 0 Å². The summed E-state index contributed by atoms with van der Waals surface area (Å²) < 4.78 is 0. The maximum absolute atomic E-state index is 11.8. The highest BCUT2D eigenvalue weighted by Crippen LogP contribution is 2.23. The van der Waals surface area contributed by atoms with Crippen LogP contribution in [0.5, 0.6) is 0 Å². The van der Waals surface area contributed by atoms with E-state index in [1.807, 2.05) is 13.8 Å². The number of carboxylic acids is 1. The molecule has 92 valence electrons. The predicted molar refractivity (Wildman–Crippen MR) is 64.5 cm³/mol. The maximum atomic E-state index is 11.8. The molecule has 0 aliphatic carbocycles. The lowest BCUT2D eigenvalue weighted by Gasteiger charge is -2.22. The Kier molecular flexibility index (Phi) is 5.12. The van der Waals surface area contributed by atoms with E-state index in [4.69, 9.17) is 5.11 Å². The lowest BCUT2D eigenvalue weighted by atomic mass is 9.99. The highest BCUT2D eigenvalue weighted by Gasteiger charge is 2.27. The summed E-state index contributed by atoms with van der Waals surface area (Å²) in [6, 6.07) is -0.254. The Morgan fingerprint density at radius 3 is 2.62 bits per heavy atom. The van der Waals surface area contributed by atoms with E-state index in [-0.39, 0.29) is 30.2 Å². The van der Waals surface area contributed by atoms with Gasteiger partial charge in [-0.1, -0.05) is 13.8 Å². The Morgan fingerprint density at radius 1 is 1.50 bits per heavy atom. The molecule has 0 radical (unpaired) electrons. The summed E-state index contributed by atoms with van der Waals surface area (Å²) >= 11 is 1.78. The van der Waals surface area contributed by atoms with Crippen LogP contribution in [0.1, 0.15) is 26.7 Å². The molecule has 1 rings (SSSR count). The summed E-state index contributed by atoms with van der Waals surface area (Å²) in [5, 5.41) is 11.6. The molecule has 1 fully saturated rings. The van der Waals surface area contributed by atoms with Crippen LogP contribution in [0.15, 0.2) is 0 Å². The molecule has 1 aliphatic heterocycles. The number of amides is 1. The van der Waals surface area contributed by atoms with Gasteiger partial charge in [-0.3, -0.25) is 9.59 Å². The summed E-state index contributed by atoms with van der Waals surface area (Å²) in [7, 11) is 0. The van der Waals surface area contributed by atoms with Gasteiger partial charge in [0.25, 0.3) is 0 Å². The van der Waals surface area contributed by atoms with Gasteiger partial charge in [0, 0.05) is 17.7 Å². The zero-order valence-corrected chi connectivity index (χ0v) is 10.5. The molecule has 1 heterocycles. The standard InChI is InChI=1S/C11H19NO3S/c1-7(2)9(5-10(13)14)12-11(15)8-3-4-16-6-8/h7-9H,3-6H2,1-2H3,(H,12,15)(H,13,14). The smallest absolute Gasteiger partial charge is 0.305 e. The van der Waals surface area contributed by atoms with E-state index in [1.54, 1.807) is 11.8 Å². The van der Waals surface area contributed by atoms with Crippen molar-refractivity contribution in [3.63, 3.8) is 0 Å². The average Bonchev–Trinajstić information content (AvgIpc) is 2.68. The van der Waals surface area contributed by atoms with Crippen molar-refractivity contribution in [3.8, 4) is 0 Å². The summed E-state index contributed by atoms with van der Waals surface area (Å²) in [5.41, 5.74) is 0. The summed E-state index contributed by atoms with van der Waals surface area (Å²) in [4.78, 5) is 22.5. The molecule has 1 saturated heterocycles. The Labute approximate surface area is 100 Å². The minimum absolute atomic E-state index is 0.00324. The van der Waals surface area contributed by atoms with Gasteiger partial charge in [-0.25, -0.2) is 0 Å². The van der Waals surface area contributed by atoms with E-state index < -0.39 is 5.97 Å². The van der Waals surface area contributed by atoms with Crippen LogP contribution in [0.25, 0.3) is 0 Å². The van der Waals surface area contributed by atoms with Crippen LogP contribution in [-0.4, -0.2) is 34.5 Å². The number of thioether (sulfide) groups is 1. The molecular weight excluding hydrogens is 226 g/mol. The van der Waals surface area contributed by atoms with E-state index in [2.05, 4.69) is 5.32 Å². The Balaban J connectivity index is 2.46. The van der Waals surface area contributed by atoms with Gasteiger partial charge in [0.15, 0.2) is 0 Å². The van der Waals surface area contributed by atoms with Gasteiger partial charge >= 0.3 is 5.97 Å². The number of aliphatic carboxylic acids is 1. The van der Waals surface area contributed by atoms with Gasteiger partial charge < -0.3 is 10.4 Å². The normalized spacial score (nSPS) is 22.1. The molecule has 0 spiro atoms. The van der Waals surface area contributed by atoms with E-state index in [0.29, 0.717) is 0 Å². The number of carbonyl (C=O) groups is 2. The fourth-order valence-electron chi connectivity index (χ4n) is 1.68. The Hall–Kier alpha value is -0.710. The molecule has 4 nitrogen and oxygen atoms in total. The SMILES string of the molecule is CC(C)C(CC(=O)O)NC(=O)C1CCSC1. The third-order valence-electron chi connectivity index (χ3n) is 2.83. The van der Waals surface area contributed by atoms with Crippen LogP contribution in [0.4, 0.5) is 0 Å². The van der Waals surface area contributed by atoms with E-state index in [0.717, 1.165) is 17.9 Å². The number of hydrogen-bond donors (Lipinski definition) is 2. The van der Waals surface area contributed by atoms with Crippen molar-refractivity contribution in [1.29, 1.82) is 0 Å². The molecule has 0 saturated carbocycles. The molecule has 0 aromatic heterocycles. The maximum Gasteiger partial charge on any atom is 0.305 e. The second kappa shape index (κ2) is 6.13. The molecule has 2 N–H and O–H groups in total. The largest absolute Gasteiger partial charge is 0.481 e. The lowest BCUT2D eigenvalue weighted by molar-refractivity contribution is -0.138.